The number of nitrogens with one attached hydrogen (secondary N) is 1. The van der Waals surface area contributed by atoms with Crippen LogP contribution in [-0.2, 0) is 4.74 Å². The maximum Gasteiger partial charge on any atom is 0.0622 e. The molecule has 0 aliphatic heterocycles. The summed E-state index contributed by atoms with van der Waals surface area (Å²) in [6.07, 6.45) is 13.5. The molecule has 0 aromatic carbocycles. The van der Waals surface area contributed by atoms with E-state index in [1.807, 2.05) is 0 Å². The fourth-order valence-corrected chi connectivity index (χ4v) is 3.49. The van der Waals surface area contributed by atoms with Crippen molar-refractivity contribution in [3.05, 3.63) is 0 Å². The molecule has 1 saturated carbocycles. The molecule has 21 heavy (non-hydrogen) atoms. The lowest BCUT2D eigenvalue weighted by molar-refractivity contribution is 0.0575. The molecule has 0 amide bonds. The Bertz CT molecular complexity index is 226. The van der Waals surface area contributed by atoms with Crippen LogP contribution in [-0.4, -0.2) is 25.8 Å². The van der Waals surface area contributed by atoms with E-state index in [2.05, 4.69) is 26.1 Å². The average molecular weight is 298 g/mol. The molecule has 0 bridgehead atoms. The summed E-state index contributed by atoms with van der Waals surface area (Å²) in [5.74, 6) is 1.61. The van der Waals surface area contributed by atoms with Gasteiger partial charge in [-0.1, -0.05) is 59.3 Å². The average Bonchev–Trinajstić information content (AvgIpc) is 2.54. The molecule has 0 spiro atoms. The normalized spacial score (nSPS) is 19.6. The van der Waals surface area contributed by atoms with E-state index in [1.54, 1.807) is 0 Å². The smallest absolute Gasteiger partial charge is 0.0622 e. The monoisotopic (exact) mass is 297 g/mol. The Morgan fingerprint density at radius 3 is 2.38 bits per heavy atom. The van der Waals surface area contributed by atoms with Gasteiger partial charge < -0.3 is 10.1 Å². The highest BCUT2D eigenvalue weighted by molar-refractivity contribution is 4.79. The lowest BCUT2D eigenvalue weighted by atomic mass is 9.84. The van der Waals surface area contributed by atoms with Gasteiger partial charge in [0.2, 0.25) is 0 Å². The molecule has 2 unspecified atom stereocenters. The summed E-state index contributed by atoms with van der Waals surface area (Å²) in [5, 5.41) is 3.75. The zero-order valence-electron chi connectivity index (χ0n) is 14.8. The number of hydrogen-bond acceptors (Lipinski definition) is 2. The molecule has 0 saturated heterocycles. The molecular weight excluding hydrogens is 258 g/mol. The maximum atomic E-state index is 6.13. The third-order valence-electron chi connectivity index (χ3n) is 5.07. The maximum absolute atomic E-state index is 6.13. The molecule has 1 aliphatic rings. The summed E-state index contributed by atoms with van der Waals surface area (Å²) in [5.41, 5.74) is 0. The van der Waals surface area contributed by atoms with Crippen molar-refractivity contribution in [1.82, 2.24) is 5.32 Å². The van der Waals surface area contributed by atoms with Gasteiger partial charge in [0, 0.05) is 12.6 Å². The van der Waals surface area contributed by atoms with Crippen molar-refractivity contribution < 1.29 is 4.74 Å². The van der Waals surface area contributed by atoms with Crippen LogP contribution in [0.15, 0.2) is 0 Å². The van der Waals surface area contributed by atoms with Crippen molar-refractivity contribution >= 4 is 0 Å². The predicted molar refractivity (Wildman–Crippen MR) is 92.8 cm³/mol. The van der Waals surface area contributed by atoms with Crippen LogP contribution in [0.4, 0.5) is 0 Å². The van der Waals surface area contributed by atoms with Crippen LogP contribution in [0.1, 0.15) is 85.0 Å². The highest BCUT2D eigenvalue weighted by Gasteiger charge is 2.23. The number of ether oxygens (including phenoxy) is 1. The molecule has 0 heterocycles. The van der Waals surface area contributed by atoms with Crippen molar-refractivity contribution in [1.29, 1.82) is 0 Å². The Labute approximate surface area is 133 Å². The van der Waals surface area contributed by atoms with Crippen LogP contribution in [0.25, 0.3) is 0 Å². The number of unbranched alkanes of at least 4 members (excludes halogenated alkanes) is 1. The van der Waals surface area contributed by atoms with E-state index in [0.29, 0.717) is 6.04 Å². The van der Waals surface area contributed by atoms with Crippen molar-refractivity contribution in [3.63, 3.8) is 0 Å². The second-order valence-corrected chi connectivity index (χ2v) is 6.91. The zero-order valence-corrected chi connectivity index (χ0v) is 14.8. The molecule has 1 N–H and O–H groups in total. The third kappa shape index (κ3) is 8.21. The Hall–Kier alpha value is -0.0800. The van der Waals surface area contributed by atoms with Gasteiger partial charge in [-0.25, -0.2) is 0 Å². The van der Waals surface area contributed by atoms with Crippen molar-refractivity contribution in [3.8, 4) is 0 Å². The SMILES string of the molecule is CCCCC(CC)COCC(NCCC)C1CCCCC1. The van der Waals surface area contributed by atoms with Gasteiger partial charge in [-0.2, -0.15) is 0 Å². The quantitative estimate of drug-likeness (QED) is 0.536. The van der Waals surface area contributed by atoms with Crippen LogP contribution >= 0.6 is 0 Å². The summed E-state index contributed by atoms with van der Waals surface area (Å²) in [6.45, 7) is 9.86. The first-order valence-electron chi connectivity index (χ1n) is 9.62. The van der Waals surface area contributed by atoms with E-state index < -0.39 is 0 Å². The van der Waals surface area contributed by atoms with Crippen LogP contribution in [0.2, 0.25) is 0 Å². The first-order valence-corrected chi connectivity index (χ1v) is 9.62. The van der Waals surface area contributed by atoms with Crippen LogP contribution in [0.5, 0.6) is 0 Å². The lowest BCUT2D eigenvalue weighted by Gasteiger charge is -2.31. The van der Waals surface area contributed by atoms with E-state index in [-0.39, 0.29) is 0 Å². The van der Waals surface area contributed by atoms with Crippen molar-refractivity contribution in [2.75, 3.05) is 19.8 Å². The highest BCUT2D eigenvalue weighted by atomic mass is 16.5. The van der Waals surface area contributed by atoms with Gasteiger partial charge in [0.05, 0.1) is 6.61 Å². The Balaban J connectivity index is 2.30. The fourth-order valence-electron chi connectivity index (χ4n) is 3.49. The van der Waals surface area contributed by atoms with Gasteiger partial charge in [-0.3, -0.25) is 0 Å². The van der Waals surface area contributed by atoms with Gasteiger partial charge in [0.15, 0.2) is 0 Å². The van der Waals surface area contributed by atoms with E-state index in [9.17, 15) is 0 Å². The molecule has 0 aromatic heterocycles. The Kier molecular flexibility index (Phi) is 11.3. The molecule has 1 rings (SSSR count). The van der Waals surface area contributed by atoms with E-state index in [0.717, 1.165) is 31.6 Å². The Morgan fingerprint density at radius 2 is 1.76 bits per heavy atom. The molecule has 2 heteroatoms. The molecule has 126 valence electrons. The molecule has 2 nitrogen and oxygen atoms in total. The number of rotatable bonds is 12. The van der Waals surface area contributed by atoms with Crippen LogP contribution in [0, 0.1) is 11.8 Å². The minimum absolute atomic E-state index is 0.592. The molecule has 0 radical (unpaired) electrons. The summed E-state index contributed by atoms with van der Waals surface area (Å²) in [7, 11) is 0. The summed E-state index contributed by atoms with van der Waals surface area (Å²) < 4.78 is 6.13. The summed E-state index contributed by atoms with van der Waals surface area (Å²) in [4.78, 5) is 0. The Morgan fingerprint density at radius 1 is 1.00 bits per heavy atom. The first kappa shape index (κ1) is 19.0. The predicted octanol–water partition coefficient (Wildman–Crippen LogP) is 5.17. The van der Waals surface area contributed by atoms with Gasteiger partial charge in [-0.05, 0) is 44.1 Å². The third-order valence-corrected chi connectivity index (χ3v) is 5.07. The first-order chi connectivity index (χ1) is 10.3. The van der Waals surface area contributed by atoms with Crippen LogP contribution < -0.4 is 5.32 Å². The highest BCUT2D eigenvalue weighted by Crippen LogP contribution is 2.27. The second-order valence-electron chi connectivity index (χ2n) is 6.91. The minimum Gasteiger partial charge on any atom is -0.380 e. The summed E-state index contributed by atoms with van der Waals surface area (Å²) in [6, 6.07) is 0.592. The van der Waals surface area contributed by atoms with Gasteiger partial charge >= 0.3 is 0 Å². The molecule has 0 aromatic rings. The number of hydrogen-bond donors (Lipinski definition) is 1. The molecule has 1 aliphatic carbocycles. The lowest BCUT2D eigenvalue weighted by Crippen LogP contribution is -2.41. The molecule has 2 atom stereocenters. The zero-order chi connectivity index (χ0) is 15.3. The summed E-state index contributed by atoms with van der Waals surface area (Å²) >= 11 is 0. The molecular formula is C19H39NO. The molecule has 1 fully saturated rings. The van der Waals surface area contributed by atoms with E-state index in [4.69, 9.17) is 4.74 Å². The topological polar surface area (TPSA) is 21.3 Å². The van der Waals surface area contributed by atoms with Crippen molar-refractivity contribution in [2.45, 2.75) is 91.0 Å². The minimum atomic E-state index is 0.592. The van der Waals surface area contributed by atoms with Gasteiger partial charge in [0.25, 0.3) is 0 Å². The largest absolute Gasteiger partial charge is 0.380 e. The van der Waals surface area contributed by atoms with E-state index >= 15 is 0 Å². The standard InChI is InChI=1S/C19H39NO/c1-4-7-11-17(6-3)15-21-16-19(20-14-5-2)18-12-9-8-10-13-18/h17-20H,4-16H2,1-3H3. The second kappa shape index (κ2) is 12.5. The van der Waals surface area contributed by atoms with Gasteiger partial charge in [-0.15, -0.1) is 0 Å². The van der Waals surface area contributed by atoms with Gasteiger partial charge in [0.1, 0.15) is 0 Å². The van der Waals surface area contributed by atoms with E-state index in [1.165, 1.54) is 64.2 Å². The van der Waals surface area contributed by atoms with Crippen LogP contribution in [0.3, 0.4) is 0 Å². The van der Waals surface area contributed by atoms with Crippen molar-refractivity contribution in [2.24, 2.45) is 11.8 Å². The fraction of sp³-hybridized carbons (Fsp3) is 1.00.